The zero-order valence-electron chi connectivity index (χ0n) is 10.8. The summed E-state index contributed by atoms with van der Waals surface area (Å²) in [6.45, 7) is 8.55. The van der Waals surface area contributed by atoms with E-state index in [1.807, 2.05) is 4.90 Å². The van der Waals surface area contributed by atoms with Gasteiger partial charge in [-0.3, -0.25) is 4.79 Å². The van der Waals surface area contributed by atoms with Crippen LogP contribution in [0.2, 0.25) is 0 Å². The molecule has 0 aromatic heterocycles. The highest BCUT2D eigenvalue weighted by Gasteiger charge is 2.35. The van der Waals surface area contributed by atoms with E-state index < -0.39 is 0 Å². The van der Waals surface area contributed by atoms with Crippen molar-refractivity contribution in [3.8, 4) is 0 Å². The highest BCUT2D eigenvalue weighted by molar-refractivity contribution is 5.84. The van der Waals surface area contributed by atoms with Gasteiger partial charge in [0.25, 0.3) is 0 Å². The quantitative estimate of drug-likeness (QED) is 0.789. The van der Waals surface area contributed by atoms with Crippen LogP contribution in [0.25, 0.3) is 0 Å². The van der Waals surface area contributed by atoms with Crippen LogP contribution >= 0.6 is 0 Å². The Hall–Kier alpha value is -0.570. The van der Waals surface area contributed by atoms with Crippen molar-refractivity contribution in [1.29, 1.82) is 0 Å². The van der Waals surface area contributed by atoms with Crippen molar-refractivity contribution in [2.75, 3.05) is 13.1 Å². The number of carbonyl (C=O) groups excluding carboxylic acids is 1. The van der Waals surface area contributed by atoms with E-state index in [9.17, 15) is 4.79 Å². The van der Waals surface area contributed by atoms with Gasteiger partial charge in [0.05, 0.1) is 6.04 Å². The van der Waals surface area contributed by atoms with E-state index in [-0.39, 0.29) is 6.04 Å². The molecule has 1 saturated carbocycles. The molecule has 1 aliphatic heterocycles. The average Bonchev–Trinajstić information content (AvgIpc) is 2.91. The molecule has 2 rings (SSSR count). The summed E-state index contributed by atoms with van der Waals surface area (Å²) in [4.78, 5) is 14.1. The molecule has 0 aromatic rings. The van der Waals surface area contributed by atoms with Crippen molar-refractivity contribution in [1.82, 2.24) is 10.2 Å². The Morgan fingerprint density at radius 2 is 2.00 bits per heavy atom. The fourth-order valence-electron chi connectivity index (χ4n) is 2.12. The second-order valence-corrected chi connectivity index (χ2v) is 6.42. The lowest BCUT2D eigenvalue weighted by molar-refractivity contribution is -0.129. The van der Waals surface area contributed by atoms with E-state index in [2.05, 4.69) is 26.1 Å². The normalized spacial score (nSPS) is 26.6. The molecule has 1 unspecified atom stereocenters. The van der Waals surface area contributed by atoms with Crippen molar-refractivity contribution >= 4 is 5.91 Å². The molecule has 1 aliphatic carbocycles. The first-order valence-electron chi connectivity index (χ1n) is 6.50. The molecule has 2 aliphatic rings. The van der Waals surface area contributed by atoms with Crippen LogP contribution in [0.3, 0.4) is 0 Å². The van der Waals surface area contributed by atoms with Crippen LogP contribution in [-0.4, -0.2) is 36.0 Å². The number of amides is 1. The van der Waals surface area contributed by atoms with Crippen molar-refractivity contribution in [2.24, 2.45) is 5.41 Å². The predicted molar refractivity (Wildman–Crippen MR) is 65.2 cm³/mol. The Morgan fingerprint density at radius 3 is 2.56 bits per heavy atom. The number of carbonyl (C=O) groups is 1. The first-order chi connectivity index (χ1) is 7.46. The summed E-state index contributed by atoms with van der Waals surface area (Å²) >= 11 is 0. The molecule has 1 heterocycles. The SMILES string of the molecule is CC(C)(C)CCN1CCC(NC2CC2)C1=O. The third-order valence-electron chi connectivity index (χ3n) is 3.44. The fraction of sp³-hybridized carbons (Fsp3) is 0.923. The van der Waals surface area contributed by atoms with Crippen LogP contribution < -0.4 is 5.32 Å². The number of nitrogens with zero attached hydrogens (tertiary/aromatic N) is 1. The summed E-state index contributed by atoms with van der Waals surface area (Å²) in [6.07, 6.45) is 4.60. The van der Waals surface area contributed by atoms with Crippen LogP contribution in [0.5, 0.6) is 0 Å². The van der Waals surface area contributed by atoms with Gasteiger partial charge >= 0.3 is 0 Å². The molecule has 92 valence electrons. The van der Waals surface area contributed by atoms with E-state index in [0.717, 1.165) is 25.9 Å². The third-order valence-corrected chi connectivity index (χ3v) is 3.44. The second kappa shape index (κ2) is 4.36. The minimum atomic E-state index is 0.118. The molecule has 3 heteroatoms. The Kier molecular flexibility index (Phi) is 3.24. The first-order valence-corrected chi connectivity index (χ1v) is 6.50. The molecule has 1 saturated heterocycles. The van der Waals surface area contributed by atoms with Gasteiger partial charge in [-0.05, 0) is 31.1 Å². The fourth-order valence-corrected chi connectivity index (χ4v) is 2.12. The molecule has 0 spiro atoms. The van der Waals surface area contributed by atoms with Gasteiger partial charge in [0.15, 0.2) is 0 Å². The van der Waals surface area contributed by atoms with Gasteiger partial charge < -0.3 is 10.2 Å². The maximum absolute atomic E-state index is 12.0. The summed E-state index contributed by atoms with van der Waals surface area (Å²) in [5, 5.41) is 3.44. The Labute approximate surface area is 98.6 Å². The first kappa shape index (κ1) is 11.9. The zero-order chi connectivity index (χ0) is 11.8. The van der Waals surface area contributed by atoms with Crippen LogP contribution in [0.15, 0.2) is 0 Å². The van der Waals surface area contributed by atoms with Crippen molar-refractivity contribution in [2.45, 2.75) is 58.5 Å². The Bertz CT molecular complexity index is 266. The van der Waals surface area contributed by atoms with Gasteiger partial charge in [-0.15, -0.1) is 0 Å². The highest BCUT2D eigenvalue weighted by Crippen LogP contribution is 2.24. The Morgan fingerprint density at radius 1 is 1.31 bits per heavy atom. The highest BCUT2D eigenvalue weighted by atomic mass is 16.2. The molecular weight excluding hydrogens is 200 g/mol. The van der Waals surface area contributed by atoms with Gasteiger partial charge in [0.2, 0.25) is 5.91 Å². The lowest BCUT2D eigenvalue weighted by Crippen LogP contribution is -2.40. The smallest absolute Gasteiger partial charge is 0.239 e. The number of likely N-dealkylation sites (tertiary alicyclic amines) is 1. The Balaban J connectivity index is 1.77. The van der Waals surface area contributed by atoms with Gasteiger partial charge in [0.1, 0.15) is 0 Å². The summed E-state index contributed by atoms with van der Waals surface area (Å²) in [5.41, 5.74) is 0.322. The summed E-state index contributed by atoms with van der Waals surface area (Å²) in [5.74, 6) is 0.330. The third kappa shape index (κ3) is 3.21. The van der Waals surface area contributed by atoms with Crippen LogP contribution in [0, 0.1) is 5.41 Å². The average molecular weight is 224 g/mol. The van der Waals surface area contributed by atoms with Crippen molar-refractivity contribution < 1.29 is 4.79 Å². The molecule has 1 N–H and O–H groups in total. The number of rotatable bonds is 4. The topological polar surface area (TPSA) is 32.3 Å². The number of hydrogen-bond acceptors (Lipinski definition) is 2. The van der Waals surface area contributed by atoms with E-state index in [1.54, 1.807) is 0 Å². The maximum atomic E-state index is 12.0. The predicted octanol–water partition coefficient (Wildman–Crippen LogP) is 1.78. The van der Waals surface area contributed by atoms with Gasteiger partial charge in [0, 0.05) is 19.1 Å². The lowest BCUT2D eigenvalue weighted by atomic mass is 9.92. The number of nitrogens with one attached hydrogen (secondary N) is 1. The van der Waals surface area contributed by atoms with E-state index in [4.69, 9.17) is 0 Å². The molecule has 3 nitrogen and oxygen atoms in total. The van der Waals surface area contributed by atoms with Crippen LogP contribution in [-0.2, 0) is 4.79 Å². The van der Waals surface area contributed by atoms with E-state index >= 15 is 0 Å². The van der Waals surface area contributed by atoms with Gasteiger partial charge in [-0.1, -0.05) is 20.8 Å². The maximum Gasteiger partial charge on any atom is 0.239 e. The molecule has 0 radical (unpaired) electrons. The van der Waals surface area contributed by atoms with Gasteiger partial charge in [-0.2, -0.15) is 0 Å². The van der Waals surface area contributed by atoms with E-state index in [0.29, 0.717) is 17.4 Å². The second-order valence-electron chi connectivity index (χ2n) is 6.42. The van der Waals surface area contributed by atoms with Crippen LogP contribution in [0.1, 0.15) is 46.5 Å². The monoisotopic (exact) mass is 224 g/mol. The molecule has 1 amide bonds. The molecule has 2 fully saturated rings. The van der Waals surface area contributed by atoms with E-state index in [1.165, 1.54) is 12.8 Å². The summed E-state index contributed by atoms with van der Waals surface area (Å²) < 4.78 is 0. The van der Waals surface area contributed by atoms with Crippen molar-refractivity contribution in [3.63, 3.8) is 0 Å². The van der Waals surface area contributed by atoms with Crippen molar-refractivity contribution in [3.05, 3.63) is 0 Å². The number of hydrogen-bond donors (Lipinski definition) is 1. The molecular formula is C13H24N2O. The molecule has 1 atom stereocenters. The standard InChI is InChI=1S/C13H24N2O/c1-13(2,3)7-9-15-8-6-11(12(15)16)14-10-4-5-10/h10-11,14H,4-9H2,1-3H3. The summed E-state index contributed by atoms with van der Waals surface area (Å²) in [7, 11) is 0. The molecule has 16 heavy (non-hydrogen) atoms. The van der Waals surface area contributed by atoms with Crippen LogP contribution in [0.4, 0.5) is 0 Å². The lowest BCUT2D eigenvalue weighted by Gasteiger charge is -2.23. The zero-order valence-corrected chi connectivity index (χ0v) is 10.8. The van der Waals surface area contributed by atoms with Gasteiger partial charge in [-0.25, -0.2) is 0 Å². The molecule has 0 bridgehead atoms. The summed E-state index contributed by atoms with van der Waals surface area (Å²) in [6, 6.07) is 0.754. The minimum Gasteiger partial charge on any atom is -0.341 e. The molecule has 0 aromatic carbocycles. The largest absolute Gasteiger partial charge is 0.341 e. The minimum absolute atomic E-state index is 0.118.